The van der Waals surface area contributed by atoms with Gasteiger partial charge in [-0.05, 0) is 73.5 Å². The van der Waals surface area contributed by atoms with E-state index in [0.29, 0.717) is 17.4 Å². The SMILES string of the molecule is C=CCNS(=O)(=O)Cc1ccc(NC(=O)C2C3CC4CC(C3)CC2C4)cc1. The van der Waals surface area contributed by atoms with Crippen molar-refractivity contribution < 1.29 is 13.2 Å². The second-order valence-electron chi connectivity index (χ2n) is 8.54. The van der Waals surface area contributed by atoms with Crippen molar-refractivity contribution in [2.75, 3.05) is 11.9 Å². The average Bonchev–Trinajstić information content (AvgIpc) is 2.60. The third kappa shape index (κ3) is 4.11. The summed E-state index contributed by atoms with van der Waals surface area (Å²) in [5.41, 5.74) is 1.44. The maximum Gasteiger partial charge on any atom is 0.228 e. The van der Waals surface area contributed by atoms with E-state index in [2.05, 4.69) is 16.6 Å². The van der Waals surface area contributed by atoms with Crippen LogP contribution in [0.4, 0.5) is 5.69 Å². The van der Waals surface area contributed by atoms with Gasteiger partial charge in [-0.15, -0.1) is 6.58 Å². The van der Waals surface area contributed by atoms with Gasteiger partial charge in [-0.25, -0.2) is 13.1 Å². The normalized spacial score (nSPS) is 31.6. The molecule has 4 fully saturated rings. The van der Waals surface area contributed by atoms with Crippen LogP contribution in [0.3, 0.4) is 0 Å². The van der Waals surface area contributed by atoms with Gasteiger partial charge in [0.25, 0.3) is 0 Å². The average molecular weight is 389 g/mol. The molecule has 4 bridgehead atoms. The number of hydrogen-bond acceptors (Lipinski definition) is 3. The minimum absolute atomic E-state index is 0.0788. The quantitative estimate of drug-likeness (QED) is 0.704. The fourth-order valence-electron chi connectivity index (χ4n) is 5.72. The number of carbonyl (C=O) groups is 1. The van der Waals surface area contributed by atoms with Gasteiger partial charge >= 0.3 is 0 Å². The van der Waals surface area contributed by atoms with Crippen LogP contribution in [-0.2, 0) is 20.6 Å². The first-order valence-electron chi connectivity index (χ1n) is 9.91. The lowest BCUT2D eigenvalue weighted by Crippen LogP contribution is -2.49. The lowest BCUT2D eigenvalue weighted by molar-refractivity contribution is -0.132. The summed E-state index contributed by atoms with van der Waals surface area (Å²) in [6, 6.07) is 7.12. The molecule has 0 unspecified atom stereocenters. The van der Waals surface area contributed by atoms with Crippen LogP contribution in [0.25, 0.3) is 0 Å². The van der Waals surface area contributed by atoms with Crippen LogP contribution < -0.4 is 10.0 Å². The van der Waals surface area contributed by atoms with Crippen molar-refractivity contribution in [3.63, 3.8) is 0 Å². The second-order valence-corrected chi connectivity index (χ2v) is 10.3. The first-order valence-corrected chi connectivity index (χ1v) is 11.6. The summed E-state index contributed by atoms with van der Waals surface area (Å²) in [5, 5.41) is 3.08. The van der Waals surface area contributed by atoms with Crippen LogP contribution >= 0.6 is 0 Å². The van der Waals surface area contributed by atoms with Gasteiger partial charge in [0, 0.05) is 18.2 Å². The van der Waals surface area contributed by atoms with Crippen molar-refractivity contribution in [1.29, 1.82) is 0 Å². The van der Waals surface area contributed by atoms with E-state index in [1.54, 1.807) is 24.3 Å². The summed E-state index contributed by atoms with van der Waals surface area (Å²) in [6.45, 7) is 3.73. The molecule has 4 saturated carbocycles. The standard InChI is InChI=1S/C21H28N2O3S/c1-2-7-22-27(25,26)13-14-3-5-19(6-4-14)23-21(24)20-17-9-15-8-16(11-17)12-18(20)10-15/h2-6,15-18,20,22H,1,7-13H2,(H,23,24). The highest BCUT2D eigenvalue weighted by Gasteiger charge is 2.50. The summed E-state index contributed by atoms with van der Waals surface area (Å²) in [6.07, 6.45) is 7.78. The van der Waals surface area contributed by atoms with Crippen LogP contribution in [0.5, 0.6) is 0 Å². The molecule has 0 heterocycles. The summed E-state index contributed by atoms with van der Waals surface area (Å²) < 4.78 is 26.3. The van der Waals surface area contributed by atoms with Gasteiger partial charge in [-0.2, -0.15) is 0 Å². The second kappa shape index (κ2) is 7.40. The fourth-order valence-corrected chi connectivity index (χ4v) is 6.82. The zero-order valence-corrected chi connectivity index (χ0v) is 16.4. The molecule has 0 spiro atoms. The van der Waals surface area contributed by atoms with Crippen LogP contribution in [0.1, 0.15) is 37.7 Å². The van der Waals surface area contributed by atoms with Crippen molar-refractivity contribution in [2.24, 2.45) is 29.6 Å². The minimum Gasteiger partial charge on any atom is -0.326 e. The number of hydrogen-bond donors (Lipinski definition) is 2. The number of carbonyl (C=O) groups excluding carboxylic acids is 1. The minimum atomic E-state index is -3.37. The Hall–Kier alpha value is -1.66. The summed E-state index contributed by atoms with van der Waals surface area (Å²) in [4.78, 5) is 12.9. The molecule has 0 aliphatic heterocycles. The molecule has 146 valence electrons. The molecule has 27 heavy (non-hydrogen) atoms. The van der Waals surface area contributed by atoms with E-state index < -0.39 is 10.0 Å². The highest BCUT2D eigenvalue weighted by Crippen LogP contribution is 2.56. The van der Waals surface area contributed by atoms with E-state index in [1.165, 1.54) is 38.2 Å². The van der Waals surface area contributed by atoms with Crippen molar-refractivity contribution in [3.8, 4) is 0 Å². The molecule has 0 radical (unpaired) electrons. The Morgan fingerprint density at radius 3 is 2.19 bits per heavy atom. The molecule has 0 atom stereocenters. The Morgan fingerprint density at radius 1 is 1.04 bits per heavy atom. The molecule has 1 amide bonds. The molecule has 5 rings (SSSR count). The molecule has 6 heteroatoms. The van der Waals surface area contributed by atoms with Gasteiger partial charge in [-0.3, -0.25) is 4.79 Å². The van der Waals surface area contributed by atoms with Crippen LogP contribution in [0, 0.1) is 29.6 Å². The van der Waals surface area contributed by atoms with E-state index in [1.807, 2.05) is 0 Å². The molecule has 1 aromatic rings. The predicted molar refractivity (Wildman–Crippen MR) is 106 cm³/mol. The fraction of sp³-hybridized carbons (Fsp3) is 0.571. The van der Waals surface area contributed by atoms with Crippen LogP contribution in [0.2, 0.25) is 0 Å². The Morgan fingerprint density at radius 2 is 1.63 bits per heavy atom. The lowest BCUT2D eigenvalue weighted by Gasteiger charge is -2.53. The molecule has 2 N–H and O–H groups in total. The Labute approximate surface area is 161 Å². The van der Waals surface area contributed by atoms with Gasteiger partial charge in [0.15, 0.2) is 0 Å². The number of rotatable bonds is 7. The third-order valence-corrected chi connectivity index (χ3v) is 7.88. The first kappa shape index (κ1) is 18.7. The van der Waals surface area contributed by atoms with E-state index in [-0.39, 0.29) is 24.1 Å². The largest absolute Gasteiger partial charge is 0.326 e. The van der Waals surface area contributed by atoms with Crippen LogP contribution in [0.15, 0.2) is 36.9 Å². The lowest BCUT2D eigenvalue weighted by atomic mass is 9.51. The zero-order chi connectivity index (χ0) is 19.0. The van der Waals surface area contributed by atoms with E-state index in [4.69, 9.17) is 0 Å². The maximum atomic E-state index is 12.9. The van der Waals surface area contributed by atoms with E-state index >= 15 is 0 Å². The maximum absolute atomic E-state index is 12.9. The molecular formula is C21H28N2O3S. The smallest absolute Gasteiger partial charge is 0.228 e. The van der Waals surface area contributed by atoms with E-state index in [9.17, 15) is 13.2 Å². The molecular weight excluding hydrogens is 360 g/mol. The first-order chi connectivity index (χ1) is 12.9. The molecule has 1 aromatic carbocycles. The number of benzene rings is 1. The number of amides is 1. The summed E-state index contributed by atoms with van der Waals surface area (Å²) in [5.74, 6) is 3.05. The van der Waals surface area contributed by atoms with Crippen molar-refractivity contribution in [2.45, 2.75) is 37.9 Å². The topological polar surface area (TPSA) is 75.3 Å². The Bertz CT molecular complexity index is 788. The molecule has 0 aromatic heterocycles. The van der Waals surface area contributed by atoms with Gasteiger partial charge < -0.3 is 5.32 Å². The molecule has 5 nitrogen and oxygen atoms in total. The van der Waals surface area contributed by atoms with Crippen molar-refractivity contribution in [3.05, 3.63) is 42.5 Å². The van der Waals surface area contributed by atoms with Gasteiger partial charge in [0.1, 0.15) is 0 Å². The highest BCUT2D eigenvalue weighted by atomic mass is 32.2. The monoisotopic (exact) mass is 388 g/mol. The third-order valence-electron chi connectivity index (χ3n) is 6.56. The molecule has 4 aliphatic rings. The highest BCUT2D eigenvalue weighted by molar-refractivity contribution is 7.88. The van der Waals surface area contributed by atoms with Crippen molar-refractivity contribution >= 4 is 21.6 Å². The zero-order valence-electron chi connectivity index (χ0n) is 15.6. The number of anilines is 1. The summed E-state index contributed by atoms with van der Waals surface area (Å²) in [7, 11) is -3.37. The van der Waals surface area contributed by atoms with Gasteiger partial charge in [0.05, 0.1) is 5.75 Å². The Balaban J connectivity index is 1.37. The van der Waals surface area contributed by atoms with Crippen LogP contribution in [-0.4, -0.2) is 20.9 Å². The van der Waals surface area contributed by atoms with E-state index in [0.717, 1.165) is 17.5 Å². The molecule has 0 saturated heterocycles. The summed E-state index contributed by atoms with van der Waals surface area (Å²) >= 11 is 0. The number of sulfonamides is 1. The molecule has 4 aliphatic carbocycles. The predicted octanol–water partition coefficient (Wildman–Crippen LogP) is 3.30. The van der Waals surface area contributed by atoms with Crippen molar-refractivity contribution in [1.82, 2.24) is 4.72 Å². The van der Waals surface area contributed by atoms with Gasteiger partial charge in [-0.1, -0.05) is 18.2 Å². The van der Waals surface area contributed by atoms with Gasteiger partial charge in [0.2, 0.25) is 15.9 Å². The number of nitrogens with one attached hydrogen (secondary N) is 2. The Kier molecular flexibility index (Phi) is 5.12.